The molecular formula is C9H19NO2S. The Labute approximate surface area is 84.0 Å². The van der Waals surface area contributed by atoms with Gasteiger partial charge in [-0.1, -0.05) is 0 Å². The first-order valence-corrected chi connectivity index (χ1v) is 5.75. The first kappa shape index (κ1) is 11.3. The minimum Gasteiger partial charge on any atom is -0.387 e. The summed E-state index contributed by atoms with van der Waals surface area (Å²) >= 11 is 1.77. The molecule has 0 spiro atoms. The van der Waals surface area contributed by atoms with Crippen molar-refractivity contribution in [1.29, 1.82) is 0 Å². The molecule has 1 rings (SSSR count). The lowest BCUT2D eigenvalue weighted by Crippen LogP contribution is -2.63. The van der Waals surface area contributed by atoms with Crippen molar-refractivity contribution < 1.29 is 9.84 Å². The fourth-order valence-electron chi connectivity index (χ4n) is 1.66. The molecule has 2 unspecified atom stereocenters. The number of hydrogen-bond acceptors (Lipinski definition) is 4. The van der Waals surface area contributed by atoms with E-state index >= 15 is 0 Å². The molecule has 3 nitrogen and oxygen atoms in total. The van der Waals surface area contributed by atoms with Crippen molar-refractivity contribution in [3.63, 3.8) is 0 Å². The van der Waals surface area contributed by atoms with Crippen LogP contribution in [0.15, 0.2) is 0 Å². The molecule has 1 fully saturated rings. The summed E-state index contributed by atoms with van der Waals surface area (Å²) < 4.78 is 5.03. The molecule has 1 saturated heterocycles. The zero-order valence-electron chi connectivity index (χ0n) is 8.38. The van der Waals surface area contributed by atoms with Crippen LogP contribution in [0.4, 0.5) is 0 Å². The van der Waals surface area contributed by atoms with Gasteiger partial charge in [0.2, 0.25) is 0 Å². The summed E-state index contributed by atoms with van der Waals surface area (Å²) in [4.78, 5) is 0. The number of hydrogen-bond donors (Lipinski definition) is 2. The highest BCUT2D eigenvalue weighted by Crippen LogP contribution is 2.34. The number of thioether (sulfide) groups is 1. The third kappa shape index (κ3) is 2.37. The smallest absolute Gasteiger partial charge is 0.0936 e. The number of aliphatic hydroxyl groups is 1. The second kappa shape index (κ2) is 4.17. The Morgan fingerprint density at radius 2 is 2.38 bits per heavy atom. The second-order valence-corrected chi connectivity index (χ2v) is 5.14. The summed E-state index contributed by atoms with van der Waals surface area (Å²) in [7, 11) is 1.62. The van der Waals surface area contributed by atoms with Crippen LogP contribution in [0.5, 0.6) is 0 Å². The van der Waals surface area contributed by atoms with Crippen molar-refractivity contribution >= 4 is 11.8 Å². The zero-order chi connectivity index (χ0) is 9.95. The average Bonchev–Trinajstić information content (AvgIpc) is 2.05. The lowest BCUT2D eigenvalue weighted by molar-refractivity contribution is -0.0476. The van der Waals surface area contributed by atoms with Crippen molar-refractivity contribution in [2.45, 2.75) is 30.9 Å². The van der Waals surface area contributed by atoms with Gasteiger partial charge in [0, 0.05) is 12.9 Å². The number of rotatable bonds is 3. The minimum absolute atomic E-state index is 0.407. The molecule has 13 heavy (non-hydrogen) atoms. The van der Waals surface area contributed by atoms with Gasteiger partial charge in [0.1, 0.15) is 0 Å². The Morgan fingerprint density at radius 1 is 1.69 bits per heavy atom. The SMILES string of the molecule is COCC(C)(N)C1(O)CCCSC1. The van der Waals surface area contributed by atoms with Gasteiger partial charge in [-0.3, -0.25) is 0 Å². The molecule has 0 aromatic carbocycles. The lowest BCUT2D eigenvalue weighted by atomic mass is 9.80. The highest BCUT2D eigenvalue weighted by Gasteiger charge is 2.44. The van der Waals surface area contributed by atoms with Gasteiger partial charge in [0.15, 0.2) is 0 Å². The Kier molecular flexibility index (Phi) is 3.63. The molecule has 0 amide bonds. The van der Waals surface area contributed by atoms with E-state index in [9.17, 15) is 5.11 Å². The van der Waals surface area contributed by atoms with Gasteiger partial charge in [0.25, 0.3) is 0 Å². The van der Waals surface area contributed by atoms with Crippen LogP contribution in [0.2, 0.25) is 0 Å². The van der Waals surface area contributed by atoms with E-state index in [0.29, 0.717) is 6.61 Å². The van der Waals surface area contributed by atoms with Crippen molar-refractivity contribution in [2.75, 3.05) is 25.2 Å². The monoisotopic (exact) mass is 205 g/mol. The van der Waals surface area contributed by atoms with Crippen molar-refractivity contribution in [3.05, 3.63) is 0 Å². The van der Waals surface area contributed by atoms with Gasteiger partial charge >= 0.3 is 0 Å². The third-order valence-corrected chi connectivity index (χ3v) is 3.99. The van der Waals surface area contributed by atoms with Gasteiger partial charge in [0.05, 0.1) is 17.7 Å². The quantitative estimate of drug-likeness (QED) is 0.709. The molecule has 1 aliphatic heterocycles. The fourth-order valence-corrected chi connectivity index (χ4v) is 2.97. The second-order valence-electron chi connectivity index (χ2n) is 4.04. The van der Waals surface area contributed by atoms with Crippen molar-refractivity contribution in [1.82, 2.24) is 0 Å². The molecule has 2 atom stereocenters. The Balaban J connectivity index is 2.64. The van der Waals surface area contributed by atoms with E-state index in [0.717, 1.165) is 24.3 Å². The molecule has 1 heterocycles. The largest absolute Gasteiger partial charge is 0.387 e. The molecule has 1 aliphatic rings. The Morgan fingerprint density at radius 3 is 2.85 bits per heavy atom. The van der Waals surface area contributed by atoms with Gasteiger partial charge < -0.3 is 15.6 Å². The normalized spacial score (nSPS) is 34.2. The summed E-state index contributed by atoms with van der Waals surface area (Å²) in [6.45, 7) is 2.27. The maximum Gasteiger partial charge on any atom is 0.0936 e. The molecule has 0 aromatic heterocycles. The van der Waals surface area contributed by atoms with E-state index in [4.69, 9.17) is 10.5 Å². The lowest BCUT2D eigenvalue weighted by Gasteiger charge is -2.44. The highest BCUT2D eigenvalue weighted by atomic mass is 32.2. The Hall–Kier alpha value is 0.230. The van der Waals surface area contributed by atoms with Crippen LogP contribution in [-0.2, 0) is 4.74 Å². The van der Waals surface area contributed by atoms with E-state index in [1.807, 2.05) is 6.92 Å². The predicted octanol–water partition coefficient (Wildman–Crippen LogP) is 0.608. The molecule has 4 heteroatoms. The van der Waals surface area contributed by atoms with E-state index in [1.165, 1.54) is 0 Å². The van der Waals surface area contributed by atoms with E-state index in [2.05, 4.69) is 0 Å². The number of methoxy groups -OCH3 is 1. The maximum absolute atomic E-state index is 10.3. The third-order valence-electron chi connectivity index (χ3n) is 2.73. The molecule has 78 valence electrons. The molecule has 0 aromatic rings. The van der Waals surface area contributed by atoms with Crippen LogP contribution in [0.25, 0.3) is 0 Å². The highest BCUT2D eigenvalue weighted by molar-refractivity contribution is 7.99. The van der Waals surface area contributed by atoms with Gasteiger partial charge in [-0.05, 0) is 25.5 Å². The molecule has 0 radical (unpaired) electrons. The topological polar surface area (TPSA) is 55.5 Å². The summed E-state index contributed by atoms with van der Waals surface area (Å²) in [6, 6.07) is 0. The molecular weight excluding hydrogens is 186 g/mol. The maximum atomic E-state index is 10.3. The predicted molar refractivity (Wildman–Crippen MR) is 56.0 cm³/mol. The van der Waals surface area contributed by atoms with Crippen LogP contribution in [0.1, 0.15) is 19.8 Å². The molecule has 3 N–H and O–H groups in total. The molecule has 0 saturated carbocycles. The van der Waals surface area contributed by atoms with E-state index in [-0.39, 0.29) is 0 Å². The average molecular weight is 205 g/mol. The van der Waals surface area contributed by atoms with Crippen LogP contribution in [0.3, 0.4) is 0 Å². The summed E-state index contributed by atoms with van der Waals surface area (Å²) in [5, 5.41) is 10.3. The summed E-state index contributed by atoms with van der Waals surface area (Å²) in [5.74, 6) is 1.86. The van der Waals surface area contributed by atoms with Gasteiger partial charge in [-0.25, -0.2) is 0 Å². The minimum atomic E-state index is -0.758. The standard InChI is InChI=1S/C9H19NO2S/c1-8(10,6-12-2)9(11)4-3-5-13-7-9/h11H,3-7,10H2,1-2H3. The van der Waals surface area contributed by atoms with Gasteiger partial charge in [-0.2, -0.15) is 11.8 Å². The molecule has 0 bridgehead atoms. The van der Waals surface area contributed by atoms with Crippen LogP contribution >= 0.6 is 11.8 Å². The molecule has 0 aliphatic carbocycles. The first-order chi connectivity index (χ1) is 6.02. The Bertz CT molecular complexity index is 167. The van der Waals surface area contributed by atoms with Crippen LogP contribution < -0.4 is 5.73 Å². The van der Waals surface area contributed by atoms with Crippen LogP contribution in [-0.4, -0.2) is 41.5 Å². The van der Waals surface area contributed by atoms with Crippen molar-refractivity contribution in [2.24, 2.45) is 5.73 Å². The van der Waals surface area contributed by atoms with Crippen LogP contribution in [0, 0.1) is 0 Å². The number of ether oxygens (including phenoxy) is 1. The fraction of sp³-hybridized carbons (Fsp3) is 1.00. The summed E-state index contributed by atoms with van der Waals surface area (Å²) in [5.41, 5.74) is 4.66. The number of nitrogens with two attached hydrogens (primary N) is 1. The zero-order valence-corrected chi connectivity index (χ0v) is 9.19. The van der Waals surface area contributed by atoms with Gasteiger partial charge in [-0.15, -0.1) is 0 Å². The first-order valence-electron chi connectivity index (χ1n) is 4.60. The van der Waals surface area contributed by atoms with E-state index in [1.54, 1.807) is 18.9 Å². The summed E-state index contributed by atoms with van der Waals surface area (Å²) in [6.07, 6.45) is 1.83. The van der Waals surface area contributed by atoms with E-state index < -0.39 is 11.1 Å². The van der Waals surface area contributed by atoms with Crippen molar-refractivity contribution in [3.8, 4) is 0 Å².